The fourth-order valence-corrected chi connectivity index (χ4v) is 2.76. The number of aryl methyl sites for hydroxylation is 2. The van der Waals surface area contributed by atoms with E-state index in [4.69, 9.17) is 4.74 Å². The van der Waals surface area contributed by atoms with Gasteiger partial charge >= 0.3 is 0 Å². The van der Waals surface area contributed by atoms with E-state index in [-0.39, 0.29) is 24.4 Å². The molecule has 0 spiro atoms. The lowest BCUT2D eigenvalue weighted by atomic mass is 10.0. The summed E-state index contributed by atoms with van der Waals surface area (Å²) in [5, 5.41) is 3.74. The van der Waals surface area contributed by atoms with Gasteiger partial charge in [0.05, 0.1) is 18.5 Å². The average Bonchev–Trinajstić information content (AvgIpc) is 2.65. The van der Waals surface area contributed by atoms with Crippen molar-refractivity contribution in [1.29, 1.82) is 0 Å². The van der Waals surface area contributed by atoms with Gasteiger partial charge in [-0.15, -0.1) is 0 Å². The molecule has 134 valence electrons. The number of pyridine rings is 1. The van der Waals surface area contributed by atoms with Crippen molar-refractivity contribution in [1.82, 2.24) is 10.3 Å². The number of ether oxygens (including phenoxy) is 1. The minimum Gasteiger partial charge on any atom is -0.493 e. The molecule has 0 aliphatic carbocycles. The van der Waals surface area contributed by atoms with Crippen molar-refractivity contribution in [3.05, 3.63) is 75.6 Å². The Hall–Kier alpha value is -3.08. The molecule has 3 aromatic rings. The maximum absolute atomic E-state index is 12.3. The van der Waals surface area contributed by atoms with E-state index >= 15 is 0 Å². The van der Waals surface area contributed by atoms with Crippen molar-refractivity contribution in [3.63, 3.8) is 0 Å². The molecule has 0 aliphatic heterocycles. The van der Waals surface area contributed by atoms with E-state index in [0.29, 0.717) is 12.2 Å². The highest BCUT2D eigenvalue weighted by molar-refractivity contribution is 5.83. The van der Waals surface area contributed by atoms with Gasteiger partial charge in [-0.05, 0) is 48.6 Å². The van der Waals surface area contributed by atoms with Crippen LogP contribution in [0.15, 0.2) is 53.3 Å². The summed E-state index contributed by atoms with van der Waals surface area (Å²) in [5.41, 5.74) is 3.41. The van der Waals surface area contributed by atoms with Crippen LogP contribution in [0.2, 0.25) is 0 Å². The molecule has 0 bridgehead atoms. The molecule has 0 fully saturated rings. The molecule has 0 radical (unpaired) electrons. The first-order chi connectivity index (χ1) is 12.5. The SMILES string of the molecule is Cc1ccc2cc(CNC(=O)CCOc3ccccc3)c(=O)[nH]c2c1C. The minimum absolute atomic E-state index is 0.152. The highest BCUT2D eigenvalue weighted by atomic mass is 16.5. The Labute approximate surface area is 152 Å². The van der Waals surface area contributed by atoms with Gasteiger partial charge in [-0.1, -0.05) is 30.3 Å². The highest BCUT2D eigenvalue weighted by Gasteiger charge is 2.08. The fraction of sp³-hybridized carbons (Fsp3) is 0.238. The first-order valence-electron chi connectivity index (χ1n) is 8.61. The van der Waals surface area contributed by atoms with Gasteiger partial charge in [0.15, 0.2) is 0 Å². The molecular weight excluding hydrogens is 328 g/mol. The van der Waals surface area contributed by atoms with Gasteiger partial charge in [0, 0.05) is 12.1 Å². The Morgan fingerprint density at radius 1 is 1.12 bits per heavy atom. The van der Waals surface area contributed by atoms with Gasteiger partial charge in [0.2, 0.25) is 5.91 Å². The van der Waals surface area contributed by atoms with Crippen molar-refractivity contribution < 1.29 is 9.53 Å². The van der Waals surface area contributed by atoms with Crippen molar-refractivity contribution >= 4 is 16.8 Å². The summed E-state index contributed by atoms with van der Waals surface area (Å²) < 4.78 is 5.51. The predicted octanol–water partition coefficient (Wildman–Crippen LogP) is 3.23. The van der Waals surface area contributed by atoms with Gasteiger partial charge in [0.1, 0.15) is 5.75 Å². The van der Waals surface area contributed by atoms with Crippen LogP contribution in [0.25, 0.3) is 10.9 Å². The van der Waals surface area contributed by atoms with Crippen LogP contribution < -0.4 is 15.6 Å². The maximum atomic E-state index is 12.3. The monoisotopic (exact) mass is 350 g/mol. The standard InChI is InChI=1S/C21H22N2O3/c1-14-8-9-16-12-17(21(25)23-20(16)15(14)2)13-22-19(24)10-11-26-18-6-4-3-5-7-18/h3-9,12H,10-11,13H2,1-2H3,(H,22,24)(H,23,25). The number of nitrogens with one attached hydrogen (secondary N) is 2. The number of benzene rings is 2. The number of H-pyrrole nitrogens is 1. The van der Waals surface area contributed by atoms with E-state index in [9.17, 15) is 9.59 Å². The molecule has 0 saturated heterocycles. The number of para-hydroxylation sites is 1. The molecule has 26 heavy (non-hydrogen) atoms. The topological polar surface area (TPSA) is 71.2 Å². The molecule has 0 unspecified atom stereocenters. The van der Waals surface area contributed by atoms with Crippen LogP contribution in [0.3, 0.4) is 0 Å². The Bertz CT molecular complexity index is 978. The number of fused-ring (bicyclic) bond motifs is 1. The number of amides is 1. The first-order valence-corrected chi connectivity index (χ1v) is 8.61. The second kappa shape index (κ2) is 7.87. The summed E-state index contributed by atoms with van der Waals surface area (Å²) in [6.07, 6.45) is 0.235. The zero-order chi connectivity index (χ0) is 18.5. The van der Waals surface area contributed by atoms with Gasteiger partial charge in [0.25, 0.3) is 5.56 Å². The quantitative estimate of drug-likeness (QED) is 0.717. The summed E-state index contributed by atoms with van der Waals surface area (Å²) in [7, 11) is 0. The van der Waals surface area contributed by atoms with Crippen LogP contribution in [0.1, 0.15) is 23.1 Å². The molecule has 3 rings (SSSR count). The Morgan fingerprint density at radius 2 is 1.88 bits per heavy atom. The second-order valence-electron chi connectivity index (χ2n) is 6.28. The number of hydrogen-bond acceptors (Lipinski definition) is 3. The Kier molecular flexibility index (Phi) is 5.37. The van der Waals surface area contributed by atoms with Crippen molar-refractivity contribution in [3.8, 4) is 5.75 Å². The molecule has 0 aliphatic rings. The summed E-state index contributed by atoms with van der Waals surface area (Å²) in [5.74, 6) is 0.581. The van der Waals surface area contributed by atoms with Crippen LogP contribution in [0.5, 0.6) is 5.75 Å². The van der Waals surface area contributed by atoms with Crippen LogP contribution in [-0.2, 0) is 11.3 Å². The van der Waals surface area contributed by atoms with Gasteiger partial charge in [-0.3, -0.25) is 9.59 Å². The number of rotatable bonds is 6. The van der Waals surface area contributed by atoms with Crippen LogP contribution in [-0.4, -0.2) is 17.5 Å². The van der Waals surface area contributed by atoms with E-state index in [1.807, 2.05) is 62.4 Å². The van der Waals surface area contributed by atoms with E-state index < -0.39 is 0 Å². The molecule has 0 atom stereocenters. The number of aromatic amines is 1. The molecule has 5 nitrogen and oxygen atoms in total. The smallest absolute Gasteiger partial charge is 0.253 e. The van der Waals surface area contributed by atoms with Crippen LogP contribution in [0, 0.1) is 13.8 Å². The van der Waals surface area contributed by atoms with Crippen molar-refractivity contribution in [2.75, 3.05) is 6.61 Å². The van der Waals surface area contributed by atoms with Crippen LogP contribution in [0.4, 0.5) is 0 Å². The number of carbonyl (C=O) groups excluding carboxylic acids is 1. The lowest BCUT2D eigenvalue weighted by Gasteiger charge is -2.09. The van der Waals surface area contributed by atoms with E-state index in [1.165, 1.54) is 0 Å². The number of aromatic nitrogens is 1. The molecule has 2 aromatic carbocycles. The predicted molar refractivity (Wildman–Crippen MR) is 102 cm³/mol. The molecule has 1 heterocycles. The molecule has 5 heteroatoms. The third-order valence-electron chi connectivity index (χ3n) is 4.45. The summed E-state index contributed by atoms with van der Waals surface area (Å²) in [6, 6.07) is 15.2. The maximum Gasteiger partial charge on any atom is 0.253 e. The normalized spacial score (nSPS) is 10.7. The van der Waals surface area contributed by atoms with E-state index in [2.05, 4.69) is 10.3 Å². The molecule has 1 aromatic heterocycles. The van der Waals surface area contributed by atoms with Gasteiger partial charge in [-0.2, -0.15) is 0 Å². The lowest BCUT2D eigenvalue weighted by molar-refractivity contribution is -0.121. The summed E-state index contributed by atoms with van der Waals surface area (Å²) in [6.45, 7) is 4.49. The Balaban J connectivity index is 1.59. The number of carbonyl (C=O) groups is 1. The zero-order valence-electron chi connectivity index (χ0n) is 15.0. The van der Waals surface area contributed by atoms with Crippen LogP contribution >= 0.6 is 0 Å². The molecule has 0 saturated carbocycles. The Morgan fingerprint density at radius 3 is 2.65 bits per heavy atom. The first kappa shape index (κ1) is 17.7. The molecule has 2 N–H and O–H groups in total. The molecule has 1 amide bonds. The fourth-order valence-electron chi connectivity index (χ4n) is 2.76. The highest BCUT2D eigenvalue weighted by Crippen LogP contribution is 2.18. The van der Waals surface area contributed by atoms with Crippen molar-refractivity contribution in [2.45, 2.75) is 26.8 Å². The third kappa shape index (κ3) is 4.11. The van der Waals surface area contributed by atoms with Gasteiger partial charge < -0.3 is 15.0 Å². The zero-order valence-corrected chi connectivity index (χ0v) is 15.0. The third-order valence-corrected chi connectivity index (χ3v) is 4.45. The lowest BCUT2D eigenvalue weighted by Crippen LogP contribution is -2.27. The average molecular weight is 350 g/mol. The van der Waals surface area contributed by atoms with E-state index in [0.717, 1.165) is 27.8 Å². The largest absolute Gasteiger partial charge is 0.493 e. The van der Waals surface area contributed by atoms with E-state index in [1.54, 1.807) is 0 Å². The summed E-state index contributed by atoms with van der Waals surface area (Å²) >= 11 is 0. The number of hydrogen-bond donors (Lipinski definition) is 2. The minimum atomic E-state index is -0.174. The van der Waals surface area contributed by atoms with Gasteiger partial charge in [-0.25, -0.2) is 0 Å². The second-order valence-corrected chi connectivity index (χ2v) is 6.28. The summed E-state index contributed by atoms with van der Waals surface area (Å²) in [4.78, 5) is 27.2. The molecular formula is C21H22N2O3. The van der Waals surface area contributed by atoms with Crippen molar-refractivity contribution in [2.24, 2.45) is 0 Å².